The van der Waals surface area contributed by atoms with Crippen molar-refractivity contribution in [3.8, 4) is 0 Å². The summed E-state index contributed by atoms with van der Waals surface area (Å²) in [5.41, 5.74) is 5.24. The lowest BCUT2D eigenvalue weighted by Crippen LogP contribution is -2.44. The summed E-state index contributed by atoms with van der Waals surface area (Å²) in [5.74, 6) is -0.303. The Morgan fingerprint density at radius 1 is 1.47 bits per heavy atom. The van der Waals surface area contributed by atoms with E-state index in [-0.39, 0.29) is 18.9 Å². The molecule has 90 valence electrons. The number of nitrogens with two attached hydrogens (primary N) is 1. The maximum atomic E-state index is 11.8. The highest BCUT2D eigenvalue weighted by Gasteiger charge is 2.28. The smallest absolute Gasteiger partial charge is 0.356 e. The average Bonchev–Trinajstić information content (AvgIpc) is 2.11. The summed E-state index contributed by atoms with van der Waals surface area (Å²) in [7, 11) is 0. The first kappa shape index (κ1) is 14.2. The van der Waals surface area contributed by atoms with Crippen molar-refractivity contribution in [2.45, 2.75) is 25.6 Å². The van der Waals surface area contributed by atoms with Crippen LogP contribution in [-0.4, -0.2) is 37.8 Å². The third-order valence-corrected chi connectivity index (χ3v) is 1.68. The van der Waals surface area contributed by atoms with Gasteiger partial charge < -0.3 is 16.4 Å². The molecule has 0 saturated carbocycles. The summed E-state index contributed by atoms with van der Waals surface area (Å²) >= 11 is 0. The second kappa shape index (κ2) is 6.62. The average molecular weight is 227 g/mol. The van der Waals surface area contributed by atoms with Gasteiger partial charge in [0.25, 0.3) is 0 Å². The molecule has 15 heavy (non-hydrogen) atoms. The summed E-state index contributed by atoms with van der Waals surface area (Å²) in [6.45, 7) is 1.05. The van der Waals surface area contributed by atoms with Crippen LogP contribution in [0.3, 0.4) is 0 Å². The predicted molar refractivity (Wildman–Crippen MR) is 50.2 cm³/mol. The Balaban J connectivity index is 3.88. The zero-order valence-corrected chi connectivity index (χ0v) is 8.53. The highest BCUT2D eigenvalue weighted by molar-refractivity contribution is 5.76. The van der Waals surface area contributed by atoms with Crippen molar-refractivity contribution >= 4 is 5.91 Å². The quantitative estimate of drug-likeness (QED) is 0.598. The first-order chi connectivity index (χ1) is 6.89. The van der Waals surface area contributed by atoms with Gasteiger partial charge in [-0.1, -0.05) is 0 Å². The van der Waals surface area contributed by atoms with E-state index in [4.69, 9.17) is 5.73 Å². The number of halogens is 3. The fourth-order valence-corrected chi connectivity index (χ4v) is 0.992. The Kier molecular flexibility index (Phi) is 6.26. The zero-order chi connectivity index (χ0) is 11.9. The van der Waals surface area contributed by atoms with Crippen LogP contribution in [0.15, 0.2) is 0 Å². The molecule has 1 amide bonds. The summed E-state index contributed by atoms with van der Waals surface area (Å²) in [4.78, 5) is 11.0. The van der Waals surface area contributed by atoms with E-state index in [0.29, 0.717) is 6.54 Å². The third-order valence-electron chi connectivity index (χ3n) is 1.68. The van der Waals surface area contributed by atoms with Crippen LogP contribution in [0.2, 0.25) is 0 Å². The van der Waals surface area contributed by atoms with Crippen molar-refractivity contribution in [1.82, 2.24) is 10.6 Å². The van der Waals surface area contributed by atoms with Gasteiger partial charge in [0.2, 0.25) is 5.91 Å². The van der Waals surface area contributed by atoms with Crippen LogP contribution in [0.1, 0.15) is 13.3 Å². The topological polar surface area (TPSA) is 67.2 Å². The highest BCUT2D eigenvalue weighted by atomic mass is 19.4. The molecule has 0 aromatic heterocycles. The molecule has 1 atom stereocenters. The number of alkyl halides is 3. The molecule has 0 saturated heterocycles. The van der Waals surface area contributed by atoms with Crippen LogP contribution in [0.25, 0.3) is 0 Å². The van der Waals surface area contributed by atoms with Gasteiger partial charge >= 0.3 is 6.18 Å². The molecule has 4 N–H and O–H groups in total. The van der Waals surface area contributed by atoms with Gasteiger partial charge in [-0.3, -0.25) is 4.79 Å². The van der Waals surface area contributed by atoms with E-state index in [2.05, 4.69) is 10.6 Å². The third kappa shape index (κ3) is 8.19. The first-order valence-corrected chi connectivity index (χ1v) is 4.66. The van der Waals surface area contributed by atoms with Gasteiger partial charge in [0.1, 0.15) is 0 Å². The number of hydrogen-bond donors (Lipinski definition) is 3. The van der Waals surface area contributed by atoms with Crippen molar-refractivity contribution in [2.75, 3.05) is 19.6 Å². The van der Waals surface area contributed by atoms with Crippen LogP contribution >= 0.6 is 0 Å². The fourth-order valence-electron chi connectivity index (χ4n) is 0.992. The Bertz CT molecular complexity index is 196. The largest absolute Gasteiger partial charge is 0.401 e. The lowest BCUT2D eigenvalue weighted by molar-refractivity contribution is -0.129. The second-order valence-electron chi connectivity index (χ2n) is 3.09. The Morgan fingerprint density at radius 2 is 2.07 bits per heavy atom. The Labute approximate surface area is 86.4 Å². The number of amides is 1. The molecule has 1 unspecified atom stereocenters. The Hall–Kier alpha value is -0.820. The maximum absolute atomic E-state index is 11.8. The number of rotatable bonds is 6. The van der Waals surface area contributed by atoms with Crippen LogP contribution in [0.4, 0.5) is 13.2 Å². The van der Waals surface area contributed by atoms with Crippen LogP contribution in [0.5, 0.6) is 0 Å². The molecule has 0 aromatic rings. The number of hydrogen-bond acceptors (Lipinski definition) is 3. The molecule has 0 heterocycles. The van der Waals surface area contributed by atoms with E-state index in [0.717, 1.165) is 0 Å². The van der Waals surface area contributed by atoms with Crippen molar-refractivity contribution in [1.29, 1.82) is 0 Å². The minimum Gasteiger partial charge on any atom is -0.356 e. The molecule has 0 aliphatic heterocycles. The van der Waals surface area contributed by atoms with Gasteiger partial charge in [0.05, 0.1) is 6.54 Å². The molecule has 0 bridgehead atoms. The molecular weight excluding hydrogens is 211 g/mol. The van der Waals surface area contributed by atoms with E-state index in [1.165, 1.54) is 0 Å². The van der Waals surface area contributed by atoms with E-state index in [1.807, 2.05) is 0 Å². The van der Waals surface area contributed by atoms with Crippen molar-refractivity contribution < 1.29 is 18.0 Å². The summed E-state index contributed by atoms with van der Waals surface area (Å²) < 4.78 is 35.5. The van der Waals surface area contributed by atoms with Crippen LogP contribution in [-0.2, 0) is 4.79 Å². The fraction of sp³-hybridized carbons (Fsp3) is 0.875. The van der Waals surface area contributed by atoms with E-state index >= 15 is 0 Å². The van der Waals surface area contributed by atoms with Gasteiger partial charge in [-0.15, -0.1) is 0 Å². The number of carbonyl (C=O) groups excluding carboxylic acids is 1. The van der Waals surface area contributed by atoms with Gasteiger partial charge in [-0.05, 0) is 6.92 Å². The molecule has 0 fully saturated rings. The zero-order valence-electron chi connectivity index (χ0n) is 8.53. The van der Waals surface area contributed by atoms with Crippen LogP contribution < -0.4 is 16.4 Å². The lowest BCUT2D eigenvalue weighted by atomic mass is 10.2. The molecule has 0 aliphatic rings. The minimum absolute atomic E-state index is 0.00673. The molecule has 0 radical (unpaired) electrons. The normalized spacial score (nSPS) is 13.7. The predicted octanol–water partition coefficient (Wildman–Crippen LogP) is -0.00820. The minimum atomic E-state index is -4.28. The van der Waals surface area contributed by atoms with Crippen molar-refractivity contribution in [2.24, 2.45) is 5.73 Å². The van der Waals surface area contributed by atoms with Gasteiger partial charge in [0.15, 0.2) is 0 Å². The Morgan fingerprint density at radius 3 is 2.47 bits per heavy atom. The van der Waals surface area contributed by atoms with E-state index in [1.54, 1.807) is 6.92 Å². The van der Waals surface area contributed by atoms with Gasteiger partial charge in [-0.25, -0.2) is 0 Å². The lowest BCUT2D eigenvalue weighted by Gasteiger charge is -2.17. The first-order valence-electron chi connectivity index (χ1n) is 4.66. The molecule has 7 heteroatoms. The number of carbonyl (C=O) groups is 1. The van der Waals surface area contributed by atoms with E-state index < -0.39 is 18.8 Å². The SMILES string of the molecule is CCNC(=O)CC(CN)NCC(F)(F)F. The van der Waals surface area contributed by atoms with E-state index in [9.17, 15) is 18.0 Å². The molecule has 0 spiro atoms. The second-order valence-corrected chi connectivity index (χ2v) is 3.09. The summed E-state index contributed by atoms with van der Waals surface area (Å²) in [6, 6.07) is -0.641. The molecule has 4 nitrogen and oxygen atoms in total. The molecule has 0 aliphatic carbocycles. The molecule has 0 rings (SSSR count). The van der Waals surface area contributed by atoms with Crippen molar-refractivity contribution in [3.05, 3.63) is 0 Å². The van der Waals surface area contributed by atoms with Gasteiger partial charge in [0, 0.05) is 25.6 Å². The van der Waals surface area contributed by atoms with Gasteiger partial charge in [-0.2, -0.15) is 13.2 Å². The molecular formula is C8H16F3N3O. The summed E-state index contributed by atoms with van der Waals surface area (Å²) in [5, 5.41) is 4.68. The highest BCUT2D eigenvalue weighted by Crippen LogP contribution is 2.12. The maximum Gasteiger partial charge on any atom is 0.401 e. The summed E-state index contributed by atoms with van der Waals surface area (Å²) in [6.07, 6.45) is -4.32. The van der Waals surface area contributed by atoms with Crippen LogP contribution in [0, 0.1) is 0 Å². The number of nitrogens with one attached hydrogen (secondary N) is 2. The standard InChI is InChI=1S/C8H16F3N3O/c1-2-13-7(15)3-6(4-12)14-5-8(9,10)11/h6,14H,2-5,12H2,1H3,(H,13,15). The monoisotopic (exact) mass is 227 g/mol. The van der Waals surface area contributed by atoms with Crippen molar-refractivity contribution in [3.63, 3.8) is 0 Å². The molecule has 0 aromatic carbocycles.